The van der Waals surface area contributed by atoms with Crippen molar-refractivity contribution in [1.29, 1.82) is 0 Å². The first-order valence-corrected chi connectivity index (χ1v) is 9.32. The molecular weight excluding hydrogens is 312 g/mol. The van der Waals surface area contributed by atoms with Crippen LogP contribution >= 0.6 is 0 Å². The number of urea groups is 1. The second-order valence-electron chi connectivity index (χ2n) is 7.53. The summed E-state index contributed by atoms with van der Waals surface area (Å²) in [5.74, 6) is 0.565. The van der Waals surface area contributed by atoms with Crippen LogP contribution in [-0.4, -0.2) is 27.2 Å². The van der Waals surface area contributed by atoms with Crippen LogP contribution in [0, 0.1) is 6.92 Å². The van der Waals surface area contributed by atoms with Crippen molar-refractivity contribution in [1.82, 2.24) is 15.1 Å². The largest absolute Gasteiger partial charge is 0.322 e. The van der Waals surface area contributed by atoms with Gasteiger partial charge < -0.3 is 10.2 Å². The van der Waals surface area contributed by atoms with Crippen LogP contribution in [0.25, 0.3) is 0 Å². The lowest BCUT2D eigenvalue weighted by atomic mass is 9.93. The van der Waals surface area contributed by atoms with Gasteiger partial charge in [0.05, 0.1) is 12.2 Å². The molecule has 1 fully saturated rings. The number of amides is 2. The fourth-order valence-corrected chi connectivity index (χ4v) is 4.22. The molecule has 0 radical (unpaired) electrons. The number of nitrogens with zero attached hydrogens (tertiary/aromatic N) is 2. The number of H-pyrrole nitrogens is 1. The smallest absolute Gasteiger partial charge is 0.317 e. The molecule has 0 unspecified atom stereocenters. The quantitative estimate of drug-likeness (QED) is 0.855. The van der Waals surface area contributed by atoms with E-state index in [1.165, 1.54) is 42.6 Å². The Labute approximate surface area is 148 Å². The molecule has 0 bridgehead atoms. The number of carbonyl (C=O) groups is 1. The summed E-state index contributed by atoms with van der Waals surface area (Å²) in [5.41, 5.74) is 5.67. The molecule has 1 atom stereocenters. The summed E-state index contributed by atoms with van der Waals surface area (Å²) in [7, 11) is 0. The minimum Gasteiger partial charge on any atom is -0.317 e. The lowest BCUT2D eigenvalue weighted by Gasteiger charge is -2.33. The number of aromatic nitrogens is 2. The number of aryl methyl sites for hydroxylation is 1. The Balaban J connectivity index is 1.53. The first-order chi connectivity index (χ1) is 12.1. The molecule has 1 aromatic carbocycles. The van der Waals surface area contributed by atoms with Gasteiger partial charge >= 0.3 is 6.03 Å². The van der Waals surface area contributed by atoms with Gasteiger partial charge in [0.2, 0.25) is 0 Å². The summed E-state index contributed by atoms with van der Waals surface area (Å²) in [6.07, 6.45) is 5.88. The maximum absolute atomic E-state index is 12.8. The Kier molecular flexibility index (Phi) is 4.24. The Morgan fingerprint density at radius 2 is 2.12 bits per heavy atom. The molecule has 2 amide bonds. The molecule has 4 rings (SSSR count). The molecule has 2 heterocycles. The van der Waals surface area contributed by atoms with Crippen molar-refractivity contribution in [2.24, 2.45) is 0 Å². The molecule has 5 nitrogen and oxygen atoms in total. The van der Waals surface area contributed by atoms with Crippen LogP contribution in [0.15, 0.2) is 24.3 Å². The van der Waals surface area contributed by atoms with Gasteiger partial charge in [-0.15, -0.1) is 0 Å². The van der Waals surface area contributed by atoms with Gasteiger partial charge in [-0.1, -0.05) is 25.0 Å². The SMILES string of the molecule is Cc1cccc(NC(=O)N2Cc3c(C4CCCC4)n[nH]c3C[C@@H]2C)c1. The summed E-state index contributed by atoms with van der Waals surface area (Å²) in [6, 6.07) is 8.07. The van der Waals surface area contributed by atoms with Crippen LogP contribution in [0.1, 0.15) is 61.0 Å². The fraction of sp³-hybridized carbons (Fsp3) is 0.500. The van der Waals surface area contributed by atoms with Gasteiger partial charge in [0.25, 0.3) is 0 Å². The number of aromatic amines is 1. The van der Waals surface area contributed by atoms with E-state index < -0.39 is 0 Å². The normalized spacial score (nSPS) is 20.6. The van der Waals surface area contributed by atoms with Crippen molar-refractivity contribution >= 4 is 11.7 Å². The number of anilines is 1. The van der Waals surface area contributed by atoms with E-state index >= 15 is 0 Å². The zero-order chi connectivity index (χ0) is 17.4. The van der Waals surface area contributed by atoms with Gasteiger partial charge in [0, 0.05) is 35.3 Å². The predicted molar refractivity (Wildman–Crippen MR) is 98.7 cm³/mol. The number of hydrogen-bond acceptors (Lipinski definition) is 2. The minimum atomic E-state index is -0.0256. The second kappa shape index (κ2) is 6.54. The van der Waals surface area contributed by atoms with E-state index in [-0.39, 0.29) is 12.1 Å². The summed E-state index contributed by atoms with van der Waals surface area (Å²) in [4.78, 5) is 14.8. The molecule has 2 aliphatic rings. The molecule has 132 valence electrons. The molecule has 2 aromatic rings. The monoisotopic (exact) mass is 338 g/mol. The van der Waals surface area contributed by atoms with Crippen molar-refractivity contribution < 1.29 is 4.79 Å². The zero-order valence-electron chi connectivity index (χ0n) is 15.0. The number of benzene rings is 1. The highest BCUT2D eigenvalue weighted by Gasteiger charge is 2.33. The van der Waals surface area contributed by atoms with Crippen LogP contribution in [-0.2, 0) is 13.0 Å². The van der Waals surface area contributed by atoms with E-state index in [1.54, 1.807) is 0 Å². The van der Waals surface area contributed by atoms with Crippen LogP contribution in [0.4, 0.5) is 10.5 Å². The Morgan fingerprint density at radius 1 is 1.32 bits per heavy atom. The number of nitrogens with one attached hydrogen (secondary N) is 2. The van der Waals surface area contributed by atoms with Gasteiger partial charge in [0.1, 0.15) is 0 Å². The fourth-order valence-electron chi connectivity index (χ4n) is 4.22. The molecule has 0 saturated heterocycles. The standard InChI is InChI=1S/C20H26N4O/c1-13-6-5-9-16(10-13)21-20(25)24-12-17-18(11-14(24)2)22-23-19(17)15-7-3-4-8-15/h5-6,9-10,14-15H,3-4,7-8,11-12H2,1-2H3,(H,21,25)(H,22,23)/t14-/m0/s1. The van der Waals surface area contributed by atoms with E-state index in [4.69, 9.17) is 0 Å². The minimum absolute atomic E-state index is 0.0256. The maximum Gasteiger partial charge on any atom is 0.322 e. The number of hydrogen-bond donors (Lipinski definition) is 2. The Morgan fingerprint density at radius 3 is 2.88 bits per heavy atom. The van der Waals surface area contributed by atoms with Gasteiger partial charge in [-0.05, 0) is 44.4 Å². The van der Waals surface area contributed by atoms with E-state index in [0.29, 0.717) is 12.5 Å². The first-order valence-electron chi connectivity index (χ1n) is 9.32. The van der Waals surface area contributed by atoms with Gasteiger partial charge in [0.15, 0.2) is 0 Å². The van der Waals surface area contributed by atoms with E-state index in [2.05, 4.69) is 22.4 Å². The van der Waals surface area contributed by atoms with Crippen LogP contribution in [0.5, 0.6) is 0 Å². The molecule has 0 spiro atoms. The third-order valence-corrected chi connectivity index (χ3v) is 5.62. The van der Waals surface area contributed by atoms with Gasteiger partial charge in [-0.2, -0.15) is 5.10 Å². The van der Waals surface area contributed by atoms with Crippen molar-refractivity contribution in [3.8, 4) is 0 Å². The third-order valence-electron chi connectivity index (χ3n) is 5.62. The molecule has 1 aliphatic heterocycles. The molecule has 5 heteroatoms. The van der Waals surface area contributed by atoms with Crippen molar-refractivity contribution in [3.05, 3.63) is 46.8 Å². The van der Waals surface area contributed by atoms with E-state index in [9.17, 15) is 4.79 Å². The third kappa shape index (κ3) is 3.15. The summed E-state index contributed by atoms with van der Waals surface area (Å²) in [5, 5.41) is 10.9. The molecule has 1 aromatic heterocycles. The summed E-state index contributed by atoms with van der Waals surface area (Å²) >= 11 is 0. The average molecular weight is 338 g/mol. The van der Waals surface area contributed by atoms with Crippen molar-refractivity contribution in [2.45, 2.75) is 64.5 Å². The molecular formula is C20H26N4O. The molecule has 2 N–H and O–H groups in total. The van der Waals surface area contributed by atoms with Crippen molar-refractivity contribution in [3.63, 3.8) is 0 Å². The second-order valence-corrected chi connectivity index (χ2v) is 7.53. The lowest BCUT2D eigenvalue weighted by Crippen LogP contribution is -2.45. The zero-order valence-corrected chi connectivity index (χ0v) is 15.0. The van der Waals surface area contributed by atoms with Crippen LogP contribution < -0.4 is 5.32 Å². The Bertz CT molecular complexity index is 776. The topological polar surface area (TPSA) is 61.0 Å². The molecule has 1 saturated carbocycles. The number of fused-ring (bicyclic) bond motifs is 1. The molecule has 25 heavy (non-hydrogen) atoms. The van der Waals surface area contributed by atoms with Gasteiger partial charge in [-0.25, -0.2) is 4.79 Å². The summed E-state index contributed by atoms with van der Waals surface area (Å²) < 4.78 is 0. The highest BCUT2D eigenvalue weighted by atomic mass is 16.2. The predicted octanol–water partition coefficient (Wildman–Crippen LogP) is 4.35. The van der Waals surface area contributed by atoms with E-state index in [1.807, 2.05) is 36.1 Å². The highest BCUT2D eigenvalue weighted by Crippen LogP contribution is 2.37. The Hall–Kier alpha value is -2.30. The lowest BCUT2D eigenvalue weighted by molar-refractivity contribution is 0.181. The molecule has 1 aliphatic carbocycles. The van der Waals surface area contributed by atoms with E-state index in [0.717, 1.165) is 17.7 Å². The maximum atomic E-state index is 12.8. The first kappa shape index (κ1) is 16.2. The highest BCUT2D eigenvalue weighted by molar-refractivity contribution is 5.89. The average Bonchev–Trinajstić information content (AvgIpc) is 3.22. The number of carbonyl (C=O) groups excluding carboxylic acids is 1. The van der Waals surface area contributed by atoms with Crippen LogP contribution in [0.2, 0.25) is 0 Å². The number of rotatable bonds is 2. The van der Waals surface area contributed by atoms with Crippen LogP contribution in [0.3, 0.4) is 0 Å². The van der Waals surface area contributed by atoms with Crippen molar-refractivity contribution in [2.75, 3.05) is 5.32 Å². The summed E-state index contributed by atoms with van der Waals surface area (Å²) in [6.45, 7) is 4.79. The van der Waals surface area contributed by atoms with Gasteiger partial charge in [-0.3, -0.25) is 5.10 Å².